The van der Waals surface area contributed by atoms with Gasteiger partial charge in [-0.15, -0.1) is 5.12 Å². The third-order valence-corrected chi connectivity index (χ3v) is 2.27. The summed E-state index contributed by atoms with van der Waals surface area (Å²) in [5.41, 5.74) is 3.30. The van der Waals surface area contributed by atoms with Gasteiger partial charge in [-0.05, 0) is 13.0 Å². The van der Waals surface area contributed by atoms with Crippen LogP contribution in [0.25, 0.3) is 0 Å². The van der Waals surface area contributed by atoms with Crippen molar-refractivity contribution in [2.75, 3.05) is 19.7 Å². The number of fused-ring (bicyclic) bond motifs is 1. The summed E-state index contributed by atoms with van der Waals surface area (Å²) >= 11 is 0. The Balaban J connectivity index is 1.81. The molecule has 0 aromatic heterocycles. The standard InChI is InChI=1S/C10H14N4O3/c1-2-17-9(15)6-11-10(16)8-7-13-4-3-5-14(13)12-8/h3-4,7,12H,2,5-6H2,1H3,(H,11,16). The molecule has 17 heavy (non-hydrogen) atoms. The Morgan fingerprint density at radius 3 is 3.12 bits per heavy atom. The summed E-state index contributed by atoms with van der Waals surface area (Å²) < 4.78 is 4.70. The lowest BCUT2D eigenvalue weighted by atomic mass is 10.4. The van der Waals surface area contributed by atoms with Gasteiger partial charge in [-0.1, -0.05) is 0 Å². The average Bonchev–Trinajstić information content (AvgIpc) is 2.86. The van der Waals surface area contributed by atoms with E-state index in [1.54, 1.807) is 23.3 Å². The van der Waals surface area contributed by atoms with Gasteiger partial charge in [0.2, 0.25) is 0 Å². The second-order valence-corrected chi connectivity index (χ2v) is 3.49. The van der Waals surface area contributed by atoms with E-state index in [-0.39, 0.29) is 12.5 Å². The van der Waals surface area contributed by atoms with Crippen LogP contribution in [0.15, 0.2) is 24.2 Å². The first-order chi connectivity index (χ1) is 8.20. The van der Waals surface area contributed by atoms with Crippen molar-refractivity contribution in [2.24, 2.45) is 0 Å². The van der Waals surface area contributed by atoms with Crippen molar-refractivity contribution in [3.63, 3.8) is 0 Å². The zero-order valence-corrected chi connectivity index (χ0v) is 9.47. The molecule has 0 saturated heterocycles. The molecule has 7 heteroatoms. The van der Waals surface area contributed by atoms with Crippen molar-refractivity contribution in [2.45, 2.75) is 6.92 Å². The molecule has 1 amide bonds. The smallest absolute Gasteiger partial charge is 0.325 e. The Kier molecular flexibility index (Phi) is 3.29. The summed E-state index contributed by atoms with van der Waals surface area (Å²) in [5.74, 6) is -0.777. The van der Waals surface area contributed by atoms with Crippen LogP contribution in [0.3, 0.4) is 0 Å². The highest BCUT2D eigenvalue weighted by Gasteiger charge is 2.26. The minimum Gasteiger partial charge on any atom is -0.465 e. The molecule has 2 N–H and O–H groups in total. The second kappa shape index (κ2) is 4.88. The lowest BCUT2D eigenvalue weighted by Gasteiger charge is -2.18. The minimum atomic E-state index is -0.444. The van der Waals surface area contributed by atoms with Gasteiger partial charge < -0.3 is 10.1 Å². The monoisotopic (exact) mass is 238 g/mol. The third kappa shape index (κ3) is 2.56. The van der Waals surface area contributed by atoms with Crippen LogP contribution in [0.5, 0.6) is 0 Å². The average molecular weight is 238 g/mol. The number of carbonyl (C=O) groups is 2. The highest BCUT2D eigenvalue weighted by atomic mass is 16.5. The van der Waals surface area contributed by atoms with Crippen molar-refractivity contribution >= 4 is 11.9 Å². The molecule has 2 aliphatic rings. The topological polar surface area (TPSA) is 73.9 Å². The number of carbonyl (C=O) groups excluding carboxylic acids is 2. The van der Waals surface area contributed by atoms with E-state index in [1.165, 1.54) is 0 Å². The zero-order valence-electron chi connectivity index (χ0n) is 9.47. The second-order valence-electron chi connectivity index (χ2n) is 3.49. The highest BCUT2D eigenvalue weighted by Crippen LogP contribution is 2.14. The quantitative estimate of drug-likeness (QED) is 0.617. The maximum atomic E-state index is 11.7. The van der Waals surface area contributed by atoms with Gasteiger partial charge in [0.25, 0.3) is 5.91 Å². The van der Waals surface area contributed by atoms with E-state index in [1.807, 2.05) is 12.3 Å². The summed E-state index contributed by atoms with van der Waals surface area (Å²) in [6, 6.07) is 0. The van der Waals surface area contributed by atoms with E-state index in [9.17, 15) is 9.59 Å². The number of esters is 1. The number of ether oxygens (including phenoxy) is 1. The van der Waals surface area contributed by atoms with E-state index in [4.69, 9.17) is 4.74 Å². The highest BCUT2D eigenvalue weighted by molar-refractivity contribution is 5.94. The van der Waals surface area contributed by atoms with Crippen molar-refractivity contribution in [3.05, 3.63) is 24.2 Å². The van der Waals surface area contributed by atoms with Crippen LogP contribution < -0.4 is 10.7 Å². The SMILES string of the molecule is CCOC(=O)CNC(=O)C1=CN2C=CCN2N1. The van der Waals surface area contributed by atoms with Gasteiger partial charge in [0, 0.05) is 6.20 Å². The molecular weight excluding hydrogens is 224 g/mol. The van der Waals surface area contributed by atoms with E-state index in [0.717, 1.165) is 0 Å². The molecule has 2 heterocycles. The molecule has 0 bridgehead atoms. The molecule has 0 radical (unpaired) electrons. The molecule has 0 aromatic rings. The van der Waals surface area contributed by atoms with Crippen LogP contribution >= 0.6 is 0 Å². The predicted molar refractivity (Wildman–Crippen MR) is 58.5 cm³/mol. The molecule has 0 aromatic carbocycles. The van der Waals surface area contributed by atoms with Gasteiger partial charge in [-0.3, -0.25) is 20.0 Å². The lowest BCUT2D eigenvalue weighted by molar-refractivity contribution is -0.143. The molecule has 0 unspecified atom stereocenters. The van der Waals surface area contributed by atoms with E-state index in [2.05, 4.69) is 10.7 Å². The first-order valence-electron chi connectivity index (χ1n) is 5.35. The van der Waals surface area contributed by atoms with Crippen LogP contribution in [0.2, 0.25) is 0 Å². The molecule has 92 valence electrons. The van der Waals surface area contributed by atoms with Gasteiger partial charge >= 0.3 is 5.97 Å². The van der Waals surface area contributed by atoms with Gasteiger partial charge in [-0.2, -0.15) is 0 Å². The van der Waals surface area contributed by atoms with E-state index < -0.39 is 5.97 Å². The Morgan fingerprint density at radius 2 is 2.41 bits per heavy atom. The van der Waals surface area contributed by atoms with E-state index in [0.29, 0.717) is 18.8 Å². The zero-order chi connectivity index (χ0) is 12.3. The largest absolute Gasteiger partial charge is 0.465 e. The van der Waals surface area contributed by atoms with Crippen molar-refractivity contribution in [3.8, 4) is 0 Å². The first kappa shape index (κ1) is 11.5. The van der Waals surface area contributed by atoms with E-state index >= 15 is 0 Å². The number of nitrogens with zero attached hydrogens (tertiary/aromatic N) is 2. The van der Waals surface area contributed by atoms with Gasteiger partial charge in [0.1, 0.15) is 12.2 Å². The molecule has 7 nitrogen and oxygen atoms in total. The summed E-state index contributed by atoms with van der Waals surface area (Å²) in [4.78, 5) is 22.7. The van der Waals surface area contributed by atoms with Crippen LogP contribution in [-0.4, -0.2) is 41.7 Å². The molecule has 0 aliphatic carbocycles. The molecule has 0 saturated carbocycles. The number of nitrogens with one attached hydrogen (secondary N) is 2. The number of hydrazine groups is 2. The number of rotatable bonds is 4. The van der Waals surface area contributed by atoms with Crippen LogP contribution in [0.4, 0.5) is 0 Å². The van der Waals surface area contributed by atoms with Crippen LogP contribution in [0.1, 0.15) is 6.92 Å². The fraction of sp³-hybridized carbons (Fsp3) is 0.400. The summed E-state index contributed by atoms with van der Waals surface area (Å²) in [6.45, 7) is 2.60. The normalized spacial score (nSPS) is 17.5. The predicted octanol–water partition coefficient (Wildman–Crippen LogP) is -0.928. The Morgan fingerprint density at radius 1 is 1.59 bits per heavy atom. The summed E-state index contributed by atoms with van der Waals surface area (Å²) in [6.07, 6.45) is 5.46. The number of amides is 1. The number of hydrogen-bond donors (Lipinski definition) is 2. The first-order valence-corrected chi connectivity index (χ1v) is 5.35. The molecule has 0 spiro atoms. The molecule has 2 aliphatic heterocycles. The molecule has 0 atom stereocenters. The third-order valence-electron chi connectivity index (χ3n) is 2.27. The van der Waals surface area contributed by atoms with Crippen LogP contribution in [0, 0.1) is 0 Å². The fourth-order valence-corrected chi connectivity index (χ4v) is 1.52. The Bertz CT molecular complexity index is 391. The van der Waals surface area contributed by atoms with Crippen molar-refractivity contribution in [1.82, 2.24) is 20.9 Å². The summed E-state index contributed by atoms with van der Waals surface area (Å²) in [7, 11) is 0. The van der Waals surface area contributed by atoms with Crippen LogP contribution in [-0.2, 0) is 14.3 Å². The molecular formula is C10H14N4O3. The molecule has 0 fully saturated rings. The lowest BCUT2D eigenvalue weighted by Crippen LogP contribution is -2.40. The number of hydrogen-bond acceptors (Lipinski definition) is 6. The van der Waals surface area contributed by atoms with Gasteiger partial charge in [-0.25, -0.2) is 0 Å². The van der Waals surface area contributed by atoms with Gasteiger partial charge in [0.05, 0.1) is 19.4 Å². The summed E-state index contributed by atoms with van der Waals surface area (Å²) in [5, 5.41) is 6.00. The Hall–Kier alpha value is -2.02. The maximum absolute atomic E-state index is 11.7. The van der Waals surface area contributed by atoms with Crippen molar-refractivity contribution in [1.29, 1.82) is 0 Å². The maximum Gasteiger partial charge on any atom is 0.325 e. The minimum absolute atomic E-state index is 0.123. The van der Waals surface area contributed by atoms with Crippen molar-refractivity contribution < 1.29 is 14.3 Å². The molecule has 2 rings (SSSR count). The Labute approximate surface area is 98.6 Å². The fourth-order valence-electron chi connectivity index (χ4n) is 1.52. The van der Waals surface area contributed by atoms with Gasteiger partial charge in [0.15, 0.2) is 0 Å².